The molecule has 1 saturated heterocycles. The van der Waals surface area contributed by atoms with Crippen molar-refractivity contribution in [2.45, 2.75) is 38.3 Å². The second kappa shape index (κ2) is 9.20. The molecule has 0 radical (unpaired) electrons. The predicted molar refractivity (Wildman–Crippen MR) is 113 cm³/mol. The average Bonchev–Trinajstić information content (AvgIpc) is 2.82. The van der Waals surface area contributed by atoms with Gasteiger partial charge in [0, 0.05) is 25.2 Å². The standard InChI is InChI=1S/C24H28N2O4/c1-29-22-12-7-8-18-16-25(15-13-20(18)22)24(28)21-11-5-6-14-26(21)23(27)17-30-19-9-3-2-4-10-19/h2-4,7-10,12,21H,5-6,11,13-17H2,1H3/t21-/m1/s1. The summed E-state index contributed by atoms with van der Waals surface area (Å²) in [6, 6.07) is 14.9. The molecule has 1 fully saturated rings. The van der Waals surface area contributed by atoms with Crippen molar-refractivity contribution in [2.24, 2.45) is 0 Å². The monoisotopic (exact) mass is 408 g/mol. The first-order valence-corrected chi connectivity index (χ1v) is 10.6. The second-order valence-corrected chi connectivity index (χ2v) is 7.81. The Hall–Kier alpha value is -3.02. The van der Waals surface area contributed by atoms with E-state index in [-0.39, 0.29) is 18.4 Å². The number of hydrogen-bond donors (Lipinski definition) is 0. The van der Waals surface area contributed by atoms with E-state index >= 15 is 0 Å². The maximum absolute atomic E-state index is 13.4. The zero-order chi connectivity index (χ0) is 20.9. The van der Waals surface area contributed by atoms with Crippen LogP contribution in [0, 0.1) is 0 Å². The van der Waals surface area contributed by atoms with Crippen molar-refractivity contribution in [3.8, 4) is 11.5 Å². The molecule has 0 saturated carbocycles. The average molecular weight is 408 g/mol. The Labute approximate surface area is 177 Å². The number of hydrogen-bond acceptors (Lipinski definition) is 4. The Kier molecular flexibility index (Phi) is 6.21. The van der Waals surface area contributed by atoms with E-state index in [4.69, 9.17) is 9.47 Å². The third-order valence-electron chi connectivity index (χ3n) is 5.97. The molecule has 2 aliphatic heterocycles. The molecule has 158 valence electrons. The van der Waals surface area contributed by atoms with Crippen LogP contribution in [0.25, 0.3) is 0 Å². The van der Waals surface area contributed by atoms with Crippen LogP contribution in [0.5, 0.6) is 11.5 Å². The zero-order valence-corrected chi connectivity index (χ0v) is 17.4. The number of rotatable bonds is 5. The van der Waals surface area contributed by atoms with Crippen molar-refractivity contribution in [1.82, 2.24) is 9.80 Å². The lowest BCUT2D eigenvalue weighted by Crippen LogP contribution is -2.54. The van der Waals surface area contributed by atoms with Crippen molar-refractivity contribution in [2.75, 3.05) is 26.8 Å². The fraction of sp³-hybridized carbons (Fsp3) is 0.417. The topological polar surface area (TPSA) is 59.1 Å². The molecule has 1 atom stereocenters. The first-order valence-electron chi connectivity index (χ1n) is 10.6. The van der Waals surface area contributed by atoms with Gasteiger partial charge in [0.2, 0.25) is 5.91 Å². The van der Waals surface area contributed by atoms with Gasteiger partial charge in [0.25, 0.3) is 5.91 Å². The Morgan fingerprint density at radius 2 is 1.87 bits per heavy atom. The van der Waals surface area contributed by atoms with Gasteiger partial charge in [-0.3, -0.25) is 9.59 Å². The fourth-order valence-electron chi connectivity index (χ4n) is 4.40. The molecule has 0 bridgehead atoms. The molecule has 2 aromatic carbocycles. The van der Waals surface area contributed by atoms with E-state index in [1.54, 1.807) is 12.0 Å². The molecular formula is C24H28N2O4. The number of amides is 2. The molecule has 2 heterocycles. The summed E-state index contributed by atoms with van der Waals surface area (Å²) in [5, 5.41) is 0. The predicted octanol–water partition coefficient (Wildman–Crippen LogP) is 3.04. The van der Waals surface area contributed by atoms with Gasteiger partial charge in [-0.05, 0) is 49.4 Å². The number of carbonyl (C=O) groups is 2. The Bertz CT molecular complexity index is 899. The number of methoxy groups -OCH3 is 1. The van der Waals surface area contributed by atoms with Gasteiger partial charge in [0.1, 0.15) is 17.5 Å². The first kappa shape index (κ1) is 20.3. The molecule has 2 aliphatic rings. The minimum Gasteiger partial charge on any atom is -0.496 e. The molecule has 0 spiro atoms. The summed E-state index contributed by atoms with van der Waals surface area (Å²) in [5.74, 6) is 1.45. The van der Waals surface area contributed by atoms with Crippen LogP contribution in [0.4, 0.5) is 0 Å². The minimum absolute atomic E-state index is 0.0382. The van der Waals surface area contributed by atoms with Gasteiger partial charge in [0.15, 0.2) is 6.61 Å². The lowest BCUT2D eigenvalue weighted by molar-refractivity contribution is -0.149. The van der Waals surface area contributed by atoms with E-state index in [2.05, 4.69) is 6.07 Å². The maximum Gasteiger partial charge on any atom is 0.261 e. The summed E-state index contributed by atoms with van der Waals surface area (Å²) in [7, 11) is 1.68. The maximum atomic E-state index is 13.4. The second-order valence-electron chi connectivity index (χ2n) is 7.81. The number of fused-ring (bicyclic) bond motifs is 1. The van der Waals surface area contributed by atoms with Gasteiger partial charge in [-0.25, -0.2) is 0 Å². The van der Waals surface area contributed by atoms with Crippen molar-refractivity contribution < 1.29 is 19.1 Å². The summed E-state index contributed by atoms with van der Waals surface area (Å²) in [4.78, 5) is 29.8. The van der Waals surface area contributed by atoms with Crippen molar-refractivity contribution >= 4 is 11.8 Å². The van der Waals surface area contributed by atoms with Crippen LogP contribution in [0.1, 0.15) is 30.4 Å². The zero-order valence-electron chi connectivity index (χ0n) is 17.4. The van der Waals surface area contributed by atoms with E-state index < -0.39 is 6.04 Å². The molecule has 2 amide bonds. The molecule has 2 aromatic rings. The first-order chi connectivity index (χ1) is 14.7. The highest BCUT2D eigenvalue weighted by Gasteiger charge is 2.36. The summed E-state index contributed by atoms with van der Waals surface area (Å²) in [5.41, 5.74) is 2.30. The van der Waals surface area contributed by atoms with Crippen molar-refractivity contribution in [3.63, 3.8) is 0 Å². The molecule has 6 heteroatoms. The van der Waals surface area contributed by atoms with Crippen molar-refractivity contribution in [3.05, 3.63) is 59.7 Å². The number of nitrogens with zero attached hydrogens (tertiary/aromatic N) is 2. The van der Waals surface area contributed by atoms with E-state index in [0.717, 1.165) is 30.6 Å². The molecular weight excluding hydrogens is 380 g/mol. The fourth-order valence-corrected chi connectivity index (χ4v) is 4.40. The van der Waals surface area contributed by atoms with Gasteiger partial charge in [-0.1, -0.05) is 30.3 Å². The lowest BCUT2D eigenvalue weighted by Gasteiger charge is -2.39. The van der Waals surface area contributed by atoms with Gasteiger partial charge >= 0.3 is 0 Å². The number of ether oxygens (including phenoxy) is 2. The largest absolute Gasteiger partial charge is 0.496 e. The summed E-state index contributed by atoms with van der Waals surface area (Å²) in [6.45, 7) is 1.76. The van der Waals surface area contributed by atoms with Crippen LogP contribution >= 0.6 is 0 Å². The van der Waals surface area contributed by atoms with Crippen LogP contribution in [-0.2, 0) is 22.6 Å². The third kappa shape index (κ3) is 4.27. The van der Waals surface area contributed by atoms with Crippen LogP contribution < -0.4 is 9.47 Å². The Morgan fingerprint density at radius 1 is 1.03 bits per heavy atom. The molecule has 0 unspecified atom stereocenters. The number of likely N-dealkylation sites (tertiary alicyclic amines) is 1. The Balaban J connectivity index is 1.43. The Morgan fingerprint density at radius 3 is 2.67 bits per heavy atom. The van der Waals surface area contributed by atoms with Gasteiger partial charge in [0.05, 0.1) is 7.11 Å². The molecule has 30 heavy (non-hydrogen) atoms. The van der Waals surface area contributed by atoms with Gasteiger partial charge < -0.3 is 19.3 Å². The van der Waals surface area contributed by atoms with Gasteiger partial charge in [-0.15, -0.1) is 0 Å². The van der Waals surface area contributed by atoms with Crippen LogP contribution in [0.2, 0.25) is 0 Å². The van der Waals surface area contributed by atoms with Gasteiger partial charge in [-0.2, -0.15) is 0 Å². The molecule has 4 rings (SSSR count). The van der Waals surface area contributed by atoms with Crippen LogP contribution in [0.15, 0.2) is 48.5 Å². The van der Waals surface area contributed by atoms with E-state index in [9.17, 15) is 9.59 Å². The molecule has 0 N–H and O–H groups in total. The normalized spacial score (nSPS) is 18.5. The molecule has 6 nitrogen and oxygen atoms in total. The molecule has 0 aromatic heterocycles. The molecule has 0 aliphatic carbocycles. The third-order valence-corrected chi connectivity index (χ3v) is 5.97. The highest BCUT2D eigenvalue weighted by Crippen LogP contribution is 2.29. The van der Waals surface area contributed by atoms with E-state index in [0.29, 0.717) is 31.8 Å². The number of carbonyl (C=O) groups excluding carboxylic acids is 2. The number of piperidine rings is 1. The van der Waals surface area contributed by atoms with Crippen LogP contribution in [-0.4, -0.2) is 54.5 Å². The highest BCUT2D eigenvalue weighted by molar-refractivity contribution is 5.88. The van der Waals surface area contributed by atoms with E-state index in [1.807, 2.05) is 47.4 Å². The number of para-hydroxylation sites is 1. The lowest BCUT2D eigenvalue weighted by atomic mass is 9.96. The smallest absolute Gasteiger partial charge is 0.261 e. The summed E-state index contributed by atoms with van der Waals surface area (Å²) in [6.07, 6.45) is 3.35. The SMILES string of the molecule is COc1cccc2c1CCN(C(=O)[C@H]1CCCCN1C(=O)COc1ccccc1)C2. The summed E-state index contributed by atoms with van der Waals surface area (Å²) < 4.78 is 11.1. The highest BCUT2D eigenvalue weighted by atomic mass is 16.5. The quantitative estimate of drug-likeness (QED) is 0.763. The van der Waals surface area contributed by atoms with Crippen molar-refractivity contribution in [1.29, 1.82) is 0 Å². The van der Waals surface area contributed by atoms with Crippen LogP contribution in [0.3, 0.4) is 0 Å². The van der Waals surface area contributed by atoms with E-state index in [1.165, 1.54) is 5.56 Å². The summed E-state index contributed by atoms with van der Waals surface area (Å²) >= 11 is 0. The minimum atomic E-state index is -0.405. The number of benzene rings is 2.